The first-order valence-electron chi connectivity index (χ1n) is 12.5. The molecule has 0 radical (unpaired) electrons. The van der Waals surface area contributed by atoms with Crippen LogP contribution in [0.5, 0.6) is 0 Å². The SMILES string of the molecule is CC1(C)O[C@H]2OC(COCc3ccccc3)(COCc3ccccc3)[C@@H](OCc3ccccc3)[C@H]2O1. The third-order valence-corrected chi connectivity index (χ3v) is 6.44. The molecule has 190 valence electrons. The zero-order valence-corrected chi connectivity index (χ0v) is 20.9. The monoisotopic (exact) mass is 490 g/mol. The summed E-state index contributed by atoms with van der Waals surface area (Å²) in [5.41, 5.74) is 2.35. The van der Waals surface area contributed by atoms with Gasteiger partial charge in [-0.3, -0.25) is 0 Å². The summed E-state index contributed by atoms with van der Waals surface area (Å²) >= 11 is 0. The average molecular weight is 491 g/mol. The van der Waals surface area contributed by atoms with Crippen molar-refractivity contribution in [3.05, 3.63) is 108 Å². The van der Waals surface area contributed by atoms with Crippen LogP contribution in [-0.2, 0) is 48.2 Å². The molecule has 0 amide bonds. The summed E-state index contributed by atoms with van der Waals surface area (Å²) < 4.78 is 37.9. The molecule has 2 saturated heterocycles. The van der Waals surface area contributed by atoms with Gasteiger partial charge < -0.3 is 28.4 Å². The van der Waals surface area contributed by atoms with Gasteiger partial charge in [0.2, 0.25) is 0 Å². The molecular formula is C30H34O6. The first kappa shape index (κ1) is 25.1. The highest BCUT2D eigenvalue weighted by atomic mass is 16.8. The maximum atomic E-state index is 6.56. The van der Waals surface area contributed by atoms with Gasteiger partial charge in [-0.15, -0.1) is 0 Å². The highest BCUT2D eigenvalue weighted by molar-refractivity contribution is 5.16. The lowest BCUT2D eigenvalue weighted by Gasteiger charge is -2.36. The van der Waals surface area contributed by atoms with Gasteiger partial charge in [0.1, 0.15) is 17.8 Å². The van der Waals surface area contributed by atoms with Crippen LogP contribution in [0.3, 0.4) is 0 Å². The lowest BCUT2D eigenvalue weighted by atomic mass is 9.96. The fraction of sp³-hybridized carbons (Fsp3) is 0.400. The van der Waals surface area contributed by atoms with E-state index in [1.807, 2.05) is 105 Å². The Labute approximate surface area is 213 Å². The maximum Gasteiger partial charge on any atom is 0.190 e. The van der Waals surface area contributed by atoms with E-state index in [-0.39, 0.29) is 13.2 Å². The smallest absolute Gasteiger partial charge is 0.190 e. The second-order valence-corrected chi connectivity index (χ2v) is 9.83. The molecule has 0 saturated carbocycles. The van der Waals surface area contributed by atoms with Crippen LogP contribution in [0.4, 0.5) is 0 Å². The van der Waals surface area contributed by atoms with E-state index in [1.165, 1.54) is 0 Å². The molecule has 3 aromatic rings. The molecule has 36 heavy (non-hydrogen) atoms. The van der Waals surface area contributed by atoms with E-state index in [9.17, 15) is 0 Å². The summed E-state index contributed by atoms with van der Waals surface area (Å²) in [6, 6.07) is 30.3. The van der Waals surface area contributed by atoms with Gasteiger partial charge in [0, 0.05) is 0 Å². The predicted molar refractivity (Wildman–Crippen MR) is 135 cm³/mol. The molecule has 3 atom stereocenters. The molecule has 6 nitrogen and oxygen atoms in total. The molecule has 2 aliphatic rings. The van der Waals surface area contributed by atoms with Crippen LogP contribution in [0, 0.1) is 0 Å². The minimum absolute atomic E-state index is 0.274. The topological polar surface area (TPSA) is 55.4 Å². The van der Waals surface area contributed by atoms with E-state index in [2.05, 4.69) is 0 Å². The molecule has 2 aliphatic heterocycles. The van der Waals surface area contributed by atoms with Crippen LogP contribution in [0.15, 0.2) is 91.0 Å². The number of rotatable bonds is 11. The number of hydrogen-bond acceptors (Lipinski definition) is 6. The van der Waals surface area contributed by atoms with Crippen LogP contribution in [0.2, 0.25) is 0 Å². The van der Waals surface area contributed by atoms with Crippen molar-refractivity contribution in [2.75, 3.05) is 13.2 Å². The Morgan fingerprint density at radius 3 is 1.58 bits per heavy atom. The Balaban J connectivity index is 1.35. The largest absolute Gasteiger partial charge is 0.374 e. The number of fused-ring (bicyclic) bond motifs is 1. The lowest BCUT2D eigenvalue weighted by molar-refractivity contribution is -0.265. The highest BCUT2D eigenvalue weighted by Crippen LogP contribution is 2.44. The molecule has 2 heterocycles. The summed E-state index contributed by atoms with van der Waals surface area (Å²) in [5, 5.41) is 0. The molecule has 0 spiro atoms. The first-order chi connectivity index (χ1) is 17.5. The van der Waals surface area contributed by atoms with Crippen LogP contribution in [-0.4, -0.2) is 43.1 Å². The third-order valence-electron chi connectivity index (χ3n) is 6.44. The summed E-state index contributed by atoms with van der Waals surface area (Å²) in [7, 11) is 0. The number of hydrogen-bond donors (Lipinski definition) is 0. The average Bonchev–Trinajstić information content (AvgIpc) is 3.33. The van der Waals surface area contributed by atoms with E-state index >= 15 is 0 Å². The van der Waals surface area contributed by atoms with E-state index in [1.54, 1.807) is 0 Å². The van der Waals surface area contributed by atoms with E-state index in [4.69, 9.17) is 28.4 Å². The molecular weight excluding hydrogens is 456 g/mol. The summed E-state index contributed by atoms with van der Waals surface area (Å²) in [5.74, 6) is -0.758. The van der Waals surface area contributed by atoms with Gasteiger partial charge in [-0.2, -0.15) is 0 Å². The van der Waals surface area contributed by atoms with Gasteiger partial charge in [-0.05, 0) is 30.5 Å². The molecule has 5 rings (SSSR count). The van der Waals surface area contributed by atoms with Crippen molar-refractivity contribution in [2.45, 2.75) is 63.6 Å². The van der Waals surface area contributed by atoms with Crippen LogP contribution >= 0.6 is 0 Å². The molecule has 0 N–H and O–H groups in total. The normalized spacial score (nSPS) is 24.0. The Kier molecular flexibility index (Phi) is 7.82. The van der Waals surface area contributed by atoms with E-state index in [0.717, 1.165) is 16.7 Å². The Bertz CT molecular complexity index is 1030. The standard InChI is InChI=1S/C30H34O6/c1-29(2)34-26-27(33-20-25-16-10-5-11-17-25)30(36-28(26)35-29,21-31-18-23-12-6-3-7-13-23)22-32-19-24-14-8-4-9-15-24/h3-17,26-28H,18-22H2,1-2H3/t26-,27+,28+/m1/s1. The quantitative estimate of drug-likeness (QED) is 0.366. The van der Waals surface area contributed by atoms with Crippen molar-refractivity contribution in [1.29, 1.82) is 0 Å². The minimum atomic E-state index is -0.899. The van der Waals surface area contributed by atoms with E-state index in [0.29, 0.717) is 19.8 Å². The minimum Gasteiger partial charge on any atom is -0.374 e. The maximum absolute atomic E-state index is 6.56. The molecule has 0 aromatic heterocycles. The Hall–Kier alpha value is -2.58. The van der Waals surface area contributed by atoms with Crippen molar-refractivity contribution in [3.8, 4) is 0 Å². The number of benzene rings is 3. The molecule has 6 heteroatoms. The van der Waals surface area contributed by atoms with Gasteiger partial charge in [-0.25, -0.2) is 0 Å². The zero-order chi connectivity index (χ0) is 24.8. The first-order valence-corrected chi connectivity index (χ1v) is 12.5. The van der Waals surface area contributed by atoms with Crippen LogP contribution in [0.1, 0.15) is 30.5 Å². The molecule has 0 unspecified atom stereocenters. The van der Waals surface area contributed by atoms with E-state index < -0.39 is 29.9 Å². The molecule has 2 fully saturated rings. The van der Waals surface area contributed by atoms with Crippen molar-refractivity contribution >= 4 is 0 Å². The van der Waals surface area contributed by atoms with Gasteiger partial charge in [0.05, 0.1) is 33.0 Å². The summed E-state index contributed by atoms with van der Waals surface area (Å²) in [6.07, 6.45) is -1.41. The van der Waals surface area contributed by atoms with Crippen LogP contribution in [0.25, 0.3) is 0 Å². The highest BCUT2D eigenvalue weighted by Gasteiger charge is 2.63. The fourth-order valence-electron chi connectivity index (χ4n) is 4.76. The molecule has 0 aliphatic carbocycles. The van der Waals surface area contributed by atoms with Crippen molar-refractivity contribution in [3.63, 3.8) is 0 Å². The third kappa shape index (κ3) is 6.03. The van der Waals surface area contributed by atoms with Gasteiger partial charge in [0.15, 0.2) is 12.1 Å². The van der Waals surface area contributed by atoms with Crippen molar-refractivity contribution in [2.24, 2.45) is 0 Å². The molecule has 0 bridgehead atoms. The summed E-state index contributed by atoms with van der Waals surface area (Å²) in [4.78, 5) is 0. The van der Waals surface area contributed by atoms with Crippen LogP contribution < -0.4 is 0 Å². The van der Waals surface area contributed by atoms with Gasteiger partial charge in [-0.1, -0.05) is 91.0 Å². The predicted octanol–water partition coefficient (Wildman–Crippen LogP) is 5.25. The molecule has 3 aromatic carbocycles. The number of ether oxygens (including phenoxy) is 6. The van der Waals surface area contributed by atoms with Gasteiger partial charge >= 0.3 is 0 Å². The lowest BCUT2D eigenvalue weighted by Crippen LogP contribution is -2.53. The Morgan fingerprint density at radius 2 is 1.08 bits per heavy atom. The van der Waals surface area contributed by atoms with Gasteiger partial charge in [0.25, 0.3) is 0 Å². The summed E-state index contributed by atoms with van der Waals surface area (Å²) in [6.45, 7) is 5.66. The second kappa shape index (κ2) is 11.2. The fourth-order valence-corrected chi connectivity index (χ4v) is 4.76. The Morgan fingerprint density at radius 1 is 0.611 bits per heavy atom. The second-order valence-electron chi connectivity index (χ2n) is 9.83. The van der Waals surface area contributed by atoms with Crippen molar-refractivity contribution in [1.82, 2.24) is 0 Å². The zero-order valence-electron chi connectivity index (χ0n) is 20.9. The van der Waals surface area contributed by atoms with Crippen molar-refractivity contribution < 1.29 is 28.4 Å².